The molecule has 1 aliphatic heterocycles. The van der Waals surface area contributed by atoms with Gasteiger partial charge in [-0.1, -0.05) is 37.3 Å². The third-order valence-electron chi connectivity index (χ3n) is 6.37. The zero-order valence-electron chi connectivity index (χ0n) is 24.1. The van der Waals surface area contributed by atoms with Crippen molar-refractivity contribution in [1.82, 2.24) is 0 Å². The number of carbonyl (C=O) groups is 4. The molecule has 222 valence electrons. The normalized spacial score (nSPS) is 21.8. The molecule has 11 nitrogen and oxygen atoms in total. The number of benzene rings is 2. The van der Waals surface area contributed by atoms with E-state index in [1.807, 2.05) is 24.3 Å². The number of aryl methyl sites for hydroxylation is 1. The Labute approximate surface area is 239 Å². The summed E-state index contributed by atoms with van der Waals surface area (Å²) in [6, 6.07) is 13.8. The molecule has 0 saturated carbocycles. The SMILES string of the molecule is CCc1ccc(Cc2ccc(NC)cc2O[C@H]2O[C@H](COC(C)=O)[C@@H](OC(C)=O)[C@H](OC(C)=O)[C@H]2OC(C)=O)cc1. The van der Waals surface area contributed by atoms with Gasteiger partial charge in [0.1, 0.15) is 18.5 Å². The van der Waals surface area contributed by atoms with Crippen molar-refractivity contribution in [2.24, 2.45) is 0 Å². The van der Waals surface area contributed by atoms with Crippen LogP contribution < -0.4 is 10.1 Å². The first kappa shape index (κ1) is 31.4. The topological polar surface area (TPSA) is 136 Å². The molecule has 41 heavy (non-hydrogen) atoms. The van der Waals surface area contributed by atoms with Crippen LogP contribution in [-0.2, 0) is 55.7 Å². The maximum absolute atomic E-state index is 12.2. The predicted octanol–water partition coefficient (Wildman–Crippen LogP) is 3.34. The lowest BCUT2D eigenvalue weighted by Gasteiger charge is -2.44. The summed E-state index contributed by atoms with van der Waals surface area (Å²) >= 11 is 0. The Morgan fingerprint density at radius 3 is 1.93 bits per heavy atom. The van der Waals surface area contributed by atoms with E-state index in [9.17, 15) is 19.2 Å². The fourth-order valence-corrected chi connectivity index (χ4v) is 4.49. The zero-order valence-corrected chi connectivity index (χ0v) is 24.1. The van der Waals surface area contributed by atoms with Gasteiger partial charge < -0.3 is 33.7 Å². The van der Waals surface area contributed by atoms with Crippen molar-refractivity contribution in [3.8, 4) is 5.75 Å². The molecule has 0 unspecified atom stereocenters. The lowest BCUT2D eigenvalue weighted by Crippen LogP contribution is -2.63. The fraction of sp³-hybridized carbons (Fsp3) is 0.467. The van der Waals surface area contributed by atoms with E-state index in [0.717, 1.165) is 23.2 Å². The molecular formula is C30H37NO10. The summed E-state index contributed by atoms with van der Waals surface area (Å²) in [4.78, 5) is 47.9. The maximum atomic E-state index is 12.2. The van der Waals surface area contributed by atoms with Gasteiger partial charge in [-0.3, -0.25) is 19.2 Å². The fourth-order valence-electron chi connectivity index (χ4n) is 4.49. The molecule has 2 aromatic carbocycles. The molecule has 1 fully saturated rings. The van der Waals surface area contributed by atoms with Gasteiger partial charge in [0.05, 0.1) is 0 Å². The van der Waals surface area contributed by atoms with Gasteiger partial charge in [0, 0.05) is 52.9 Å². The average molecular weight is 572 g/mol. The van der Waals surface area contributed by atoms with E-state index in [1.165, 1.54) is 33.3 Å². The molecule has 0 aliphatic carbocycles. The van der Waals surface area contributed by atoms with Crippen LogP contribution in [0.3, 0.4) is 0 Å². The first-order valence-electron chi connectivity index (χ1n) is 13.4. The van der Waals surface area contributed by atoms with Gasteiger partial charge in [-0.05, 0) is 29.2 Å². The Morgan fingerprint density at radius 1 is 0.780 bits per heavy atom. The van der Waals surface area contributed by atoms with Crippen molar-refractivity contribution >= 4 is 29.6 Å². The molecule has 1 saturated heterocycles. The molecule has 0 spiro atoms. The minimum atomic E-state index is -1.33. The van der Waals surface area contributed by atoms with Crippen LogP contribution in [0.1, 0.15) is 51.3 Å². The molecule has 0 radical (unpaired) electrons. The second kappa shape index (κ2) is 14.5. The van der Waals surface area contributed by atoms with E-state index in [-0.39, 0.29) is 6.61 Å². The van der Waals surface area contributed by atoms with Crippen molar-refractivity contribution < 1.29 is 47.6 Å². The molecular weight excluding hydrogens is 534 g/mol. The summed E-state index contributed by atoms with van der Waals surface area (Å²) < 4.78 is 34.1. The second-order valence-electron chi connectivity index (χ2n) is 9.60. The summed E-state index contributed by atoms with van der Waals surface area (Å²) in [5.41, 5.74) is 3.82. The Kier molecular flexibility index (Phi) is 11.1. The number of ether oxygens (including phenoxy) is 6. The second-order valence-corrected chi connectivity index (χ2v) is 9.60. The van der Waals surface area contributed by atoms with Crippen molar-refractivity contribution in [2.75, 3.05) is 19.0 Å². The number of rotatable bonds is 11. The highest BCUT2D eigenvalue weighted by Gasteiger charge is 2.53. The van der Waals surface area contributed by atoms with Gasteiger partial charge in [-0.2, -0.15) is 0 Å². The Morgan fingerprint density at radius 2 is 1.37 bits per heavy atom. The molecule has 0 bridgehead atoms. The largest absolute Gasteiger partial charge is 0.463 e. The molecule has 5 atom stereocenters. The zero-order chi connectivity index (χ0) is 30.1. The first-order chi connectivity index (χ1) is 19.5. The summed E-state index contributed by atoms with van der Waals surface area (Å²) in [6.07, 6.45) is -4.91. The van der Waals surface area contributed by atoms with Crippen LogP contribution in [0.5, 0.6) is 5.75 Å². The highest BCUT2D eigenvalue weighted by Crippen LogP contribution is 2.34. The minimum Gasteiger partial charge on any atom is -0.463 e. The number of nitrogens with one attached hydrogen (secondary N) is 1. The number of carbonyl (C=O) groups excluding carboxylic acids is 4. The third-order valence-corrected chi connectivity index (χ3v) is 6.37. The van der Waals surface area contributed by atoms with Gasteiger partial charge in [0.15, 0.2) is 12.2 Å². The highest BCUT2D eigenvalue weighted by atomic mass is 16.7. The summed E-state index contributed by atoms with van der Waals surface area (Å²) in [5.74, 6) is -2.31. The molecule has 0 amide bonds. The van der Waals surface area contributed by atoms with Crippen LogP contribution in [0.25, 0.3) is 0 Å². The van der Waals surface area contributed by atoms with Crippen LogP contribution in [0.4, 0.5) is 5.69 Å². The monoisotopic (exact) mass is 571 g/mol. The van der Waals surface area contributed by atoms with Crippen molar-refractivity contribution in [3.63, 3.8) is 0 Å². The molecule has 1 N–H and O–H groups in total. The predicted molar refractivity (Wildman–Crippen MR) is 147 cm³/mol. The van der Waals surface area contributed by atoms with Crippen molar-refractivity contribution in [1.29, 1.82) is 0 Å². The molecule has 1 aliphatic rings. The number of hydrogen-bond acceptors (Lipinski definition) is 11. The minimum absolute atomic E-state index is 0.342. The Balaban J connectivity index is 2.04. The lowest BCUT2D eigenvalue weighted by atomic mass is 9.97. The Bertz CT molecular complexity index is 1230. The number of anilines is 1. The Hall–Kier alpha value is -4.12. The molecule has 11 heteroatoms. The summed E-state index contributed by atoms with van der Waals surface area (Å²) in [5, 5.41) is 3.07. The first-order valence-corrected chi connectivity index (χ1v) is 13.4. The van der Waals surface area contributed by atoms with E-state index in [2.05, 4.69) is 24.4 Å². The maximum Gasteiger partial charge on any atom is 0.303 e. The van der Waals surface area contributed by atoms with E-state index in [4.69, 9.17) is 28.4 Å². The van der Waals surface area contributed by atoms with Crippen LogP contribution in [0.15, 0.2) is 42.5 Å². The molecule has 3 rings (SSSR count). The molecule has 1 heterocycles. The smallest absolute Gasteiger partial charge is 0.303 e. The van der Waals surface area contributed by atoms with Gasteiger partial charge in [0.2, 0.25) is 12.4 Å². The quantitative estimate of drug-likeness (QED) is 0.314. The van der Waals surface area contributed by atoms with E-state index in [1.54, 1.807) is 13.1 Å². The standard InChI is InChI=1S/C30H37NO10/c1-7-21-8-10-22(11-9-21)14-23-12-13-24(31-6)15-25(23)40-30-29(39-20(5)35)28(38-19(4)34)27(37-18(3)33)26(41-30)16-36-17(2)32/h8-13,15,26-31H,7,14,16H2,1-6H3/t26-,27-,28+,29-,30+/m1/s1. The van der Waals surface area contributed by atoms with Crippen LogP contribution in [0.2, 0.25) is 0 Å². The van der Waals surface area contributed by atoms with E-state index >= 15 is 0 Å². The van der Waals surface area contributed by atoms with Crippen molar-refractivity contribution in [2.45, 2.75) is 78.2 Å². The van der Waals surface area contributed by atoms with Crippen molar-refractivity contribution in [3.05, 3.63) is 59.2 Å². The number of esters is 4. The van der Waals surface area contributed by atoms with Gasteiger partial charge in [-0.25, -0.2) is 0 Å². The van der Waals surface area contributed by atoms with Gasteiger partial charge in [0.25, 0.3) is 0 Å². The molecule has 0 aromatic heterocycles. The van der Waals surface area contributed by atoms with Crippen LogP contribution >= 0.6 is 0 Å². The van der Waals surface area contributed by atoms with Crippen LogP contribution in [-0.4, -0.2) is 68.2 Å². The number of hydrogen-bond donors (Lipinski definition) is 1. The lowest BCUT2D eigenvalue weighted by molar-refractivity contribution is -0.288. The summed E-state index contributed by atoms with van der Waals surface area (Å²) in [7, 11) is 1.76. The molecule has 2 aromatic rings. The highest BCUT2D eigenvalue weighted by molar-refractivity contribution is 5.68. The van der Waals surface area contributed by atoms with Crippen LogP contribution in [0, 0.1) is 0 Å². The van der Waals surface area contributed by atoms with Gasteiger partial charge >= 0.3 is 23.9 Å². The van der Waals surface area contributed by atoms with E-state index in [0.29, 0.717) is 12.2 Å². The van der Waals surface area contributed by atoms with Gasteiger partial charge in [-0.15, -0.1) is 0 Å². The average Bonchev–Trinajstić information content (AvgIpc) is 2.91. The summed E-state index contributed by atoms with van der Waals surface area (Å²) in [6.45, 7) is 6.47. The van der Waals surface area contributed by atoms with E-state index < -0.39 is 54.6 Å². The third kappa shape index (κ3) is 8.94.